The molecule has 0 saturated heterocycles. The van der Waals surface area contributed by atoms with Crippen LogP contribution in [0.3, 0.4) is 0 Å². The molecule has 0 aliphatic heterocycles. The summed E-state index contributed by atoms with van der Waals surface area (Å²) in [7, 11) is 0. The second-order valence-corrected chi connectivity index (χ2v) is 7.36. The Balaban J connectivity index is 1.93. The molecular weight excluding hydrogens is 449 g/mol. The Morgan fingerprint density at radius 3 is 2.30 bits per heavy atom. The highest BCUT2D eigenvalue weighted by Gasteiger charge is 2.18. The Labute approximate surface area is 176 Å². The summed E-state index contributed by atoms with van der Waals surface area (Å²) in [6.07, 6.45) is 0. The maximum atomic E-state index is 6.15. The number of benzene rings is 2. The van der Waals surface area contributed by atoms with Gasteiger partial charge in [0, 0.05) is 12.2 Å². The van der Waals surface area contributed by atoms with Gasteiger partial charge in [-0.2, -0.15) is 4.98 Å². The van der Waals surface area contributed by atoms with Gasteiger partial charge in [-0.3, -0.25) is 0 Å². The van der Waals surface area contributed by atoms with E-state index in [1.165, 1.54) is 0 Å². The minimum Gasteiger partial charge on any atom is -0.457 e. The van der Waals surface area contributed by atoms with Gasteiger partial charge in [0.1, 0.15) is 16.7 Å². The first-order valence-electron chi connectivity index (χ1n) is 8.07. The van der Waals surface area contributed by atoms with Crippen molar-refractivity contribution in [3.63, 3.8) is 0 Å². The van der Waals surface area contributed by atoms with Gasteiger partial charge in [0.25, 0.3) is 0 Å². The summed E-state index contributed by atoms with van der Waals surface area (Å²) in [5, 5.41) is 0.328. The minimum atomic E-state index is 0.0777. The number of hydrogen-bond acceptors (Lipinski definition) is 4. The number of rotatable bonds is 6. The lowest BCUT2D eigenvalue weighted by molar-refractivity contribution is 0.482. The van der Waals surface area contributed by atoms with Crippen molar-refractivity contribution in [3.8, 4) is 11.5 Å². The van der Waals surface area contributed by atoms with Crippen LogP contribution in [0.25, 0.3) is 0 Å². The zero-order valence-electron chi connectivity index (χ0n) is 14.5. The fourth-order valence-corrected chi connectivity index (χ4v) is 3.20. The van der Waals surface area contributed by atoms with Crippen molar-refractivity contribution < 1.29 is 4.74 Å². The first-order valence-corrected chi connectivity index (χ1v) is 9.62. The molecule has 4 nitrogen and oxygen atoms in total. The standard InChI is InChI=1S/C20H16BrCl2N3O/c1-13(2)12-26(19-17(21)18(22)24-20(23)25-19)14-8-10-16(11-9-14)27-15-6-4-3-5-7-15/h3-11H,1,12H2,2H3. The fraction of sp³-hybridized carbons (Fsp3) is 0.100. The maximum Gasteiger partial charge on any atom is 0.225 e. The van der Waals surface area contributed by atoms with Gasteiger partial charge in [-0.05, 0) is 70.9 Å². The zero-order valence-corrected chi connectivity index (χ0v) is 17.6. The lowest BCUT2D eigenvalue weighted by Crippen LogP contribution is -2.21. The maximum absolute atomic E-state index is 6.15. The summed E-state index contributed by atoms with van der Waals surface area (Å²) < 4.78 is 6.42. The molecule has 0 atom stereocenters. The highest BCUT2D eigenvalue weighted by molar-refractivity contribution is 9.10. The van der Waals surface area contributed by atoms with Crippen LogP contribution in [-0.2, 0) is 0 Å². The molecule has 3 aromatic rings. The first-order chi connectivity index (χ1) is 12.9. The molecule has 0 aliphatic carbocycles. The van der Waals surface area contributed by atoms with E-state index in [4.69, 9.17) is 27.9 Å². The van der Waals surface area contributed by atoms with Crippen LogP contribution in [0.5, 0.6) is 11.5 Å². The Hall–Kier alpha value is -2.08. The predicted octanol–water partition coefficient (Wildman–Crippen LogP) is 7.05. The molecule has 0 bridgehead atoms. The fourth-order valence-electron chi connectivity index (χ4n) is 2.44. The Bertz CT molecular complexity index is 949. The van der Waals surface area contributed by atoms with Crippen molar-refractivity contribution in [1.29, 1.82) is 0 Å². The minimum absolute atomic E-state index is 0.0777. The lowest BCUT2D eigenvalue weighted by Gasteiger charge is -2.25. The molecule has 2 aromatic carbocycles. The number of anilines is 2. The second kappa shape index (κ2) is 8.74. The SMILES string of the molecule is C=C(C)CN(c1ccc(Oc2ccccc2)cc1)c1nc(Cl)nc(Cl)c1Br. The number of para-hydroxylation sites is 1. The van der Waals surface area contributed by atoms with Gasteiger partial charge in [0.05, 0.1) is 4.47 Å². The molecule has 0 N–H and O–H groups in total. The third-order valence-corrected chi connectivity index (χ3v) is 4.98. The zero-order chi connectivity index (χ0) is 19.4. The Morgan fingerprint density at radius 1 is 1.04 bits per heavy atom. The molecule has 1 heterocycles. The van der Waals surface area contributed by atoms with E-state index in [9.17, 15) is 0 Å². The van der Waals surface area contributed by atoms with Crippen molar-refractivity contribution in [2.24, 2.45) is 0 Å². The molecule has 7 heteroatoms. The molecule has 1 aromatic heterocycles. The Kier molecular flexibility index (Phi) is 6.37. The van der Waals surface area contributed by atoms with Gasteiger partial charge in [-0.1, -0.05) is 42.0 Å². The van der Waals surface area contributed by atoms with Crippen LogP contribution in [-0.4, -0.2) is 16.5 Å². The van der Waals surface area contributed by atoms with Crippen LogP contribution in [0, 0.1) is 0 Å². The van der Waals surface area contributed by atoms with Crippen LogP contribution in [0.2, 0.25) is 10.4 Å². The molecule has 138 valence electrons. The molecule has 0 saturated carbocycles. The van der Waals surface area contributed by atoms with Crippen molar-refractivity contribution >= 4 is 50.6 Å². The molecule has 0 aliphatic rings. The van der Waals surface area contributed by atoms with E-state index >= 15 is 0 Å². The number of aromatic nitrogens is 2. The number of ether oxygens (including phenoxy) is 1. The van der Waals surface area contributed by atoms with E-state index < -0.39 is 0 Å². The molecule has 0 radical (unpaired) electrons. The number of hydrogen-bond donors (Lipinski definition) is 0. The van der Waals surface area contributed by atoms with Gasteiger partial charge in [0.2, 0.25) is 5.28 Å². The largest absolute Gasteiger partial charge is 0.457 e. The average Bonchev–Trinajstić information content (AvgIpc) is 2.64. The van der Waals surface area contributed by atoms with E-state index in [-0.39, 0.29) is 10.4 Å². The molecule has 27 heavy (non-hydrogen) atoms. The third kappa shape index (κ3) is 5.01. The monoisotopic (exact) mass is 463 g/mol. The summed E-state index contributed by atoms with van der Waals surface area (Å²) in [5.41, 5.74) is 1.85. The van der Waals surface area contributed by atoms with Crippen molar-refractivity contribution in [2.45, 2.75) is 6.92 Å². The van der Waals surface area contributed by atoms with Crippen molar-refractivity contribution in [3.05, 3.63) is 81.7 Å². The molecular formula is C20H16BrCl2N3O. The first kappa shape index (κ1) is 19.7. The van der Waals surface area contributed by atoms with Crippen LogP contribution >= 0.6 is 39.1 Å². The van der Waals surface area contributed by atoms with Gasteiger partial charge < -0.3 is 9.64 Å². The quantitative estimate of drug-likeness (QED) is 0.222. The Morgan fingerprint density at radius 2 is 1.67 bits per heavy atom. The van der Waals surface area contributed by atoms with Crippen LogP contribution in [0.15, 0.2) is 71.2 Å². The van der Waals surface area contributed by atoms with Crippen LogP contribution in [0.1, 0.15) is 6.92 Å². The van der Waals surface area contributed by atoms with Crippen LogP contribution < -0.4 is 9.64 Å². The van der Waals surface area contributed by atoms with Gasteiger partial charge in [0.15, 0.2) is 5.82 Å². The highest BCUT2D eigenvalue weighted by Crippen LogP contribution is 2.36. The topological polar surface area (TPSA) is 38.2 Å². The van der Waals surface area contributed by atoms with Gasteiger partial charge in [-0.15, -0.1) is 0 Å². The highest BCUT2D eigenvalue weighted by atomic mass is 79.9. The molecule has 0 amide bonds. The van der Waals surface area contributed by atoms with E-state index in [1.807, 2.05) is 66.4 Å². The number of halogens is 3. The summed E-state index contributed by atoms with van der Waals surface area (Å²) >= 11 is 15.6. The van der Waals surface area contributed by atoms with E-state index in [2.05, 4.69) is 32.5 Å². The summed E-state index contributed by atoms with van der Waals surface area (Å²) in [4.78, 5) is 10.2. The average molecular weight is 465 g/mol. The second-order valence-electron chi connectivity index (χ2n) is 5.87. The lowest BCUT2D eigenvalue weighted by atomic mass is 10.2. The molecule has 0 fully saturated rings. The summed E-state index contributed by atoms with van der Waals surface area (Å²) in [6, 6.07) is 17.3. The van der Waals surface area contributed by atoms with E-state index in [0.29, 0.717) is 16.8 Å². The van der Waals surface area contributed by atoms with Gasteiger partial charge in [-0.25, -0.2) is 4.98 Å². The van der Waals surface area contributed by atoms with Gasteiger partial charge >= 0.3 is 0 Å². The van der Waals surface area contributed by atoms with Crippen molar-refractivity contribution in [1.82, 2.24) is 9.97 Å². The molecule has 0 spiro atoms. The summed E-state index contributed by atoms with van der Waals surface area (Å²) in [6.45, 7) is 6.49. The number of nitrogens with zero attached hydrogens (tertiary/aromatic N) is 3. The van der Waals surface area contributed by atoms with E-state index in [0.717, 1.165) is 22.8 Å². The van der Waals surface area contributed by atoms with Crippen molar-refractivity contribution in [2.75, 3.05) is 11.4 Å². The van der Waals surface area contributed by atoms with E-state index in [1.54, 1.807) is 0 Å². The predicted molar refractivity (Wildman–Crippen MR) is 115 cm³/mol. The van der Waals surface area contributed by atoms with Crippen LogP contribution in [0.4, 0.5) is 11.5 Å². The molecule has 0 unspecified atom stereocenters. The third-order valence-electron chi connectivity index (χ3n) is 3.58. The normalized spacial score (nSPS) is 10.5. The smallest absolute Gasteiger partial charge is 0.225 e. The summed E-state index contributed by atoms with van der Waals surface area (Å²) in [5.74, 6) is 2.08. The molecule has 3 rings (SSSR count).